The molecule has 0 saturated carbocycles. The van der Waals surface area contributed by atoms with Gasteiger partial charge in [-0.2, -0.15) is 0 Å². The van der Waals surface area contributed by atoms with Crippen LogP contribution in [0.4, 0.5) is 0 Å². The number of aryl methyl sites for hydroxylation is 1. The fraction of sp³-hybridized carbons (Fsp3) is 0.308. The SMILES string of the molecule is CC(=O)c1cccc(OCc2nnc(C)n2C)c1. The molecule has 0 atom stereocenters. The third kappa shape index (κ3) is 2.56. The van der Waals surface area contributed by atoms with E-state index in [1.165, 1.54) is 6.92 Å². The molecule has 0 radical (unpaired) electrons. The second-order valence-electron chi connectivity index (χ2n) is 4.10. The van der Waals surface area contributed by atoms with Gasteiger partial charge in [0.2, 0.25) is 0 Å². The monoisotopic (exact) mass is 245 g/mol. The van der Waals surface area contributed by atoms with E-state index in [1.807, 2.05) is 24.6 Å². The molecule has 1 heterocycles. The van der Waals surface area contributed by atoms with Crippen molar-refractivity contribution in [1.82, 2.24) is 14.8 Å². The highest BCUT2D eigenvalue weighted by Crippen LogP contribution is 2.15. The molecule has 2 rings (SSSR count). The molecule has 0 amide bonds. The number of hydrogen-bond acceptors (Lipinski definition) is 4. The van der Waals surface area contributed by atoms with E-state index in [2.05, 4.69) is 10.2 Å². The van der Waals surface area contributed by atoms with Crippen LogP contribution in [-0.4, -0.2) is 20.5 Å². The first-order valence-corrected chi connectivity index (χ1v) is 5.66. The maximum absolute atomic E-state index is 11.2. The minimum absolute atomic E-state index is 0.0231. The summed E-state index contributed by atoms with van der Waals surface area (Å²) in [6, 6.07) is 7.11. The summed E-state index contributed by atoms with van der Waals surface area (Å²) >= 11 is 0. The molecule has 0 spiro atoms. The molecule has 5 nitrogen and oxygen atoms in total. The minimum atomic E-state index is 0.0231. The van der Waals surface area contributed by atoms with Gasteiger partial charge in [0.25, 0.3) is 0 Å². The van der Waals surface area contributed by atoms with Gasteiger partial charge in [-0.3, -0.25) is 4.79 Å². The van der Waals surface area contributed by atoms with E-state index in [0.29, 0.717) is 17.9 Å². The smallest absolute Gasteiger partial charge is 0.170 e. The van der Waals surface area contributed by atoms with E-state index in [0.717, 1.165) is 11.6 Å². The first kappa shape index (κ1) is 12.3. The van der Waals surface area contributed by atoms with E-state index in [-0.39, 0.29) is 5.78 Å². The van der Waals surface area contributed by atoms with Gasteiger partial charge in [0.05, 0.1) is 0 Å². The Morgan fingerprint density at radius 2 is 2.17 bits per heavy atom. The average Bonchev–Trinajstić information content (AvgIpc) is 2.68. The molecular weight excluding hydrogens is 230 g/mol. The van der Waals surface area contributed by atoms with E-state index >= 15 is 0 Å². The number of aromatic nitrogens is 3. The van der Waals surface area contributed by atoms with Gasteiger partial charge < -0.3 is 9.30 Å². The summed E-state index contributed by atoms with van der Waals surface area (Å²) < 4.78 is 7.47. The molecule has 94 valence electrons. The van der Waals surface area contributed by atoms with Crippen LogP contribution in [0.1, 0.15) is 28.9 Å². The van der Waals surface area contributed by atoms with E-state index < -0.39 is 0 Å². The first-order chi connectivity index (χ1) is 8.58. The third-order valence-electron chi connectivity index (χ3n) is 2.79. The summed E-state index contributed by atoms with van der Waals surface area (Å²) in [5.41, 5.74) is 0.640. The second-order valence-corrected chi connectivity index (χ2v) is 4.10. The van der Waals surface area contributed by atoms with Gasteiger partial charge in [-0.1, -0.05) is 12.1 Å². The van der Waals surface area contributed by atoms with Crippen molar-refractivity contribution in [2.45, 2.75) is 20.5 Å². The highest BCUT2D eigenvalue weighted by atomic mass is 16.5. The first-order valence-electron chi connectivity index (χ1n) is 5.66. The van der Waals surface area contributed by atoms with Gasteiger partial charge in [-0.15, -0.1) is 10.2 Å². The molecule has 18 heavy (non-hydrogen) atoms. The molecule has 1 aromatic carbocycles. The van der Waals surface area contributed by atoms with Crippen LogP contribution < -0.4 is 4.74 Å². The molecule has 0 unspecified atom stereocenters. The maximum atomic E-state index is 11.2. The predicted octanol–water partition coefficient (Wildman–Crippen LogP) is 1.91. The molecule has 0 fully saturated rings. The Morgan fingerprint density at radius 3 is 2.78 bits per heavy atom. The molecule has 1 aromatic heterocycles. The number of rotatable bonds is 4. The summed E-state index contributed by atoms with van der Waals surface area (Å²) in [6.45, 7) is 3.75. The highest BCUT2D eigenvalue weighted by molar-refractivity contribution is 5.94. The van der Waals surface area contributed by atoms with Crippen LogP contribution in [-0.2, 0) is 13.7 Å². The van der Waals surface area contributed by atoms with Crippen molar-refractivity contribution in [3.8, 4) is 5.75 Å². The molecule has 0 bridgehead atoms. The van der Waals surface area contributed by atoms with Gasteiger partial charge in [0.1, 0.15) is 18.2 Å². The van der Waals surface area contributed by atoms with Gasteiger partial charge in [-0.25, -0.2) is 0 Å². The largest absolute Gasteiger partial charge is 0.486 e. The van der Waals surface area contributed by atoms with Crippen LogP contribution >= 0.6 is 0 Å². The van der Waals surface area contributed by atoms with Crippen molar-refractivity contribution in [1.29, 1.82) is 0 Å². The number of nitrogens with zero attached hydrogens (tertiary/aromatic N) is 3. The summed E-state index contributed by atoms with van der Waals surface area (Å²) in [7, 11) is 1.89. The summed E-state index contributed by atoms with van der Waals surface area (Å²) in [5, 5.41) is 7.96. The standard InChI is InChI=1S/C13H15N3O2/c1-9(17)11-5-4-6-12(7-11)18-8-13-15-14-10(2)16(13)3/h4-7H,8H2,1-3H3. The molecule has 5 heteroatoms. The number of carbonyl (C=O) groups excluding carboxylic acids is 1. The highest BCUT2D eigenvalue weighted by Gasteiger charge is 2.06. The van der Waals surface area contributed by atoms with Crippen LogP contribution in [0, 0.1) is 6.92 Å². The lowest BCUT2D eigenvalue weighted by atomic mass is 10.1. The Balaban J connectivity index is 2.08. The predicted molar refractivity (Wildman–Crippen MR) is 66.5 cm³/mol. The quantitative estimate of drug-likeness (QED) is 0.772. The van der Waals surface area contributed by atoms with Gasteiger partial charge in [0.15, 0.2) is 11.6 Å². The average molecular weight is 245 g/mol. The topological polar surface area (TPSA) is 57.0 Å². The van der Waals surface area contributed by atoms with Crippen LogP contribution in [0.2, 0.25) is 0 Å². The summed E-state index contributed by atoms with van der Waals surface area (Å²) in [5.74, 6) is 2.27. The van der Waals surface area contributed by atoms with Crippen LogP contribution in [0.25, 0.3) is 0 Å². The lowest BCUT2D eigenvalue weighted by molar-refractivity contribution is 0.101. The van der Waals surface area contributed by atoms with Crippen LogP contribution in [0.3, 0.4) is 0 Å². The number of ether oxygens (including phenoxy) is 1. The molecule has 0 saturated heterocycles. The van der Waals surface area contributed by atoms with Crippen molar-refractivity contribution in [3.63, 3.8) is 0 Å². The van der Waals surface area contributed by atoms with E-state index in [9.17, 15) is 4.79 Å². The Labute approximate surface area is 105 Å². The van der Waals surface area contributed by atoms with Gasteiger partial charge in [-0.05, 0) is 26.0 Å². The Bertz CT molecular complexity index is 575. The van der Waals surface area contributed by atoms with Crippen molar-refractivity contribution >= 4 is 5.78 Å². The molecule has 0 aliphatic carbocycles. The lowest BCUT2D eigenvalue weighted by Crippen LogP contribution is -2.04. The van der Waals surface area contributed by atoms with Crippen LogP contribution in [0.5, 0.6) is 5.75 Å². The fourth-order valence-corrected chi connectivity index (χ4v) is 1.53. The van der Waals surface area contributed by atoms with E-state index in [4.69, 9.17) is 4.74 Å². The molecule has 2 aromatic rings. The Kier molecular flexibility index (Phi) is 3.41. The molecular formula is C13H15N3O2. The summed E-state index contributed by atoms with van der Waals surface area (Å²) in [4.78, 5) is 11.2. The van der Waals surface area contributed by atoms with Crippen molar-refractivity contribution in [2.75, 3.05) is 0 Å². The zero-order valence-electron chi connectivity index (χ0n) is 10.7. The van der Waals surface area contributed by atoms with Gasteiger partial charge in [0, 0.05) is 12.6 Å². The van der Waals surface area contributed by atoms with Crippen molar-refractivity contribution in [3.05, 3.63) is 41.5 Å². The molecule has 0 N–H and O–H groups in total. The maximum Gasteiger partial charge on any atom is 0.170 e. The van der Waals surface area contributed by atoms with Gasteiger partial charge >= 0.3 is 0 Å². The second kappa shape index (κ2) is 5.00. The summed E-state index contributed by atoms with van der Waals surface area (Å²) in [6.07, 6.45) is 0. The van der Waals surface area contributed by atoms with Crippen LogP contribution in [0.15, 0.2) is 24.3 Å². The number of Topliss-reactive ketones (excluding diaryl/α,β-unsaturated/α-hetero) is 1. The number of hydrogen-bond donors (Lipinski definition) is 0. The molecule has 0 aliphatic rings. The number of ketones is 1. The third-order valence-corrected chi connectivity index (χ3v) is 2.79. The zero-order valence-corrected chi connectivity index (χ0v) is 10.7. The lowest BCUT2D eigenvalue weighted by Gasteiger charge is -2.06. The van der Waals surface area contributed by atoms with Crippen molar-refractivity contribution in [2.24, 2.45) is 7.05 Å². The minimum Gasteiger partial charge on any atom is -0.486 e. The fourth-order valence-electron chi connectivity index (χ4n) is 1.53. The normalized spacial score (nSPS) is 10.4. The number of benzene rings is 1. The molecule has 0 aliphatic heterocycles. The van der Waals surface area contributed by atoms with E-state index in [1.54, 1.807) is 18.2 Å². The number of carbonyl (C=O) groups is 1. The Morgan fingerprint density at radius 1 is 1.39 bits per heavy atom. The Hall–Kier alpha value is -2.17. The zero-order chi connectivity index (χ0) is 13.1. The van der Waals surface area contributed by atoms with Crippen molar-refractivity contribution < 1.29 is 9.53 Å².